The van der Waals surface area contributed by atoms with Crippen molar-refractivity contribution in [3.8, 4) is 0 Å². The third kappa shape index (κ3) is 3.47. The summed E-state index contributed by atoms with van der Waals surface area (Å²) >= 11 is 0. The molecule has 126 valence electrons. The molecule has 1 amide bonds. The second-order valence-corrected chi connectivity index (χ2v) is 7.73. The summed E-state index contributed by atoms with van der Waals surface area (Å²) in [4.78, 5) is 12.6. The van der Waals surface area contributed by atoms with Crippen molar-refractivity contribution in [1.82, 2.24) is 4.31 Å². The normalized spacial score (nSPS) is 18.0. The smallest absolute Gasteiger partial charge is 0.243 e. The number of anilines is 1. The minimum Gasteiger partial charge on any atom is -0.325 e. The van der Waals surface area contributed by atoms with Gasteiger partial charge in [-0.05, 0) is 41.8 Å². The Morgan fingerprint density at radius 2 is 1.75 bits per heavy atom. The second-order valence-electron chi connectivity index (χ2n) is 5.79. The first-order valence-electron chi connectivity index (χ1n) is 7.44. The lowest BCUT2D eigenvalue weighted by atomic mass is 9.95. The van der Waals surface area contributed by atoms with E-state index in [1.807, 2.05) is 24.3 Å². The molecule has 1 heterocycles. The average molecular weight is 348 g/mol. The van der Waals surface area contributed by atoms with Gasteiger partial charge in [0.2, 0.25) is 15.9 Å². The van der Waals surface area contributed by atoms with Gasteiger partial charge in [0.15, 0.2) is 0 Å². The summed E-state index contributed by atoms with van der Waals surface area (Å²) in [6.45, 7) is 0.163. The lowest BCUT2D eigenvalue weighted by Gasteiger charge is -2.34. The molecule has 1 atom stereocenters. The van der Waals surface area contributed by atoms with E-state index in [-0.39, 0.29) is 6.54 Å². The molecule has 0 bridgehead atoms. The van der Waals surface area contributed by atoms with Gasteiger partial charge < -0.3 is 5.32 Å². The molecule has 0 spiro atoms. The quantitative estimate of drug-likeness (QED) is 0.924. The largest absolute Gasteiger partial charge is 0.325 e. The van der Waals surface area contributed by atoms with Crippen LogP contribution in [-0.4, -0.2) is 30.9 Å². The minimum absolute atomic E-state index is 0.163. The molecule has 3 rings (SSSR count). The Morgan fingerprint density at radius 3 is 2.38 bits per heavy atom. The number of nitrogens with zero attached hydrogens (tertiary/aromatic N) is 1. The third-order valence-corrected chi connectivity index (χ3v) is 5.28. The zero-order valence-corrected chi connectivity index (χ0v) is 13.9. The van der Waals surface area contributed by atoms with Gasteiger partial charge in [-0.1, -0.05) is 24.3 Å². The van der Waals surface area contributed by atoms with E-state index in [2.05, 4.69) is 5.32 Å². The fourth-order valence-corrected chi connectivity index (χ4v) is 3.84. The summed E-state index contributed by atoms with van der Waals surface area (Å²) in [5, 5.41) is 2.66. The highest BCUT2D eigenvalue weighted by molar-refractivity contribution is 7.88. The van der Waals surface area contributed by atoms with E-state index in [0.29, 0.717) is 12.1 Å². The zero-order chi connectivity index (χ0) is 17.3. The number of carbonyl (C=O) groups is 1. The van der Waals surface area contributed by atoms with Crippen LogP contribution >= 0.6 is 0 Å². The molecular weight excluding hydrogens is 331 g/mol. The summed E-state index contributed by atoms with van der Waals surface area (Å²) in [6, 6.07) is 12.0. The molecule has 1 N–H and O–H groups in total. The molecule has 0 radical (unpaired) electrons. The minimum atomic E-state index is -3.55. The van der Waals surface area contributed by atoms with E-state index < -0.39 is 27.8 Å². The van der Waals surface area contributed by atoms with Crippen LogP contribution in [0.15, 0.2) is 48.5 Å². The lowest BCUT2D eigenvalue weighted by Crippen LogP contribution is -2.50. The Bertz CT molecular complexity index is 866. The van der Waals surface area contributed by atoms with Crippen molar-refractivity contribution >= 4 is 21.6 Å². The summed E-state index contributed by atoms with van der Waals surface area (Å²) in [5.74, 6) is -0.834. The molecule has 1 unspecified atom stereocenters. The molecule has 1 aliphatic rings. The topological polar surface area (TPSA) is 66.5 Å². The lowest BCUT2D eigenvalue weighted by molar-refractivity contribution is -0.120. The highest BCUT2D eigenvalue weighted by atomic mass is 32.2. The van der Waals surface area contributed by atoms with Crippen molar-refractivity contribution in [3.05, 3.63) is 65.5 Å². The molecule has 0 saturated heterocycles. The Labute approximate surface area is 140 Å². The van der Waals surface area contributed by atoms with Crippen LogP contribution in [-0.2, 0) is 27.8 Å². The molecule has 24 heavy (non-hydrogen) atoms. The number of nitrogens with one attached hydrogen (secondary N) is 1. The van der Waals surface area contributed by atoms with Crippen molar-refractivity contribution in [2.45, 2.75) is 19.0 Å². The zero-order valence-electron chi connectivity index (χ0n) is 13.1. The number of amides is 1. The molecule has 0 aliphatic carbocycles. The van der Waals surface area contributed by atoms with Gasteiger partial charge in [0.1, 0.15) is 11.9 Å². The van der Waals surface area contributed by atoms with Gasteiger partial charge in [0, 0.05) is 12.2 Å². The van der Waals surface area contributed by atoms with Crippen LogP contribution in [0.1, 0.15) is 11.1 Å². The maximum Gasteiger partial charge on any atom is 0.243 e. The SMILES string of the molecule is CS(=O)(=O)N1Cc2ccccc2CC1C(=O)Nc1ccc(F)cc1. The number of hydrogen-bond donors (Lipinski definition) is 1. The number of hydrogen-bond acceptors (Lipinski definition) is 3. The van der Waals surface area contributed by atoms with Gasteiger partial charge in [-0.15, -0.1) is 0 Å². The van der Waals surface area contributed by atoms with Gasteiger partial charge in [-0.2, -0.15) is 4.31 Å². The predicted molar refractivity (Wildman–Crippen MR) is 89.4 cm³/mol. The van der Waals surface area contributed by atoms with E-state index in [1.54, 1.807) is 0 Å². The summed E-state index contributed by atoms with van der Waals surface area (Å²) in [5.41, 5.74) is 2.28. The average Bonchev–Trinajstić information content (AvgIpc) is 2.55. The van der Waals surface area contributed by atoms with Crippen LogP contribution in [0.5, 0.6) is 0 Å². The number of fused-ring (bicyclic) bond motifs is 1. The van der Waals surface area contributed by atoms with Crippen LogP contribution in [0.4, 0.5) is 10.1 Å². The maximum atomic E-state index is 13.0. The van der Waals surface area contributed by atoms with Crippen molar-refractivity contribution in [2.24, 2.45) is 0 Å². The molecule has 5 nitrogen and oxygen atoms in total. The molecule has 0 aromatic heterocycles. The molecule has 2 aromatic carbocycles. The van der Waals surface area contributed by atoms with Crippen molar-refractivity contribution in [1.29, 1.82) is 0 Å². The fraction of sp³-hybridized carbons (Fsp3) is 0.235. The number of carbonyl (C=O) groups excluding carboxylic acids is 1. The van der Waals surface area contributed by atoms with Crippen LogP contribution in [0, 0.1) is 5.82 Å². The van der Waals surface area contributed by atoms with Gasteiger partial charge in [-0.3, -0.25) is 4.79 Å². The highest BCUT2D eigenvalue weighted by Crippen LogP contribution is 2.26. The first-order chi connectivity index (χ1) is 11.3. The molecule has 7 heteroatoms. The Morgan fingerprint density at radius 1 is 1.12 bits per heavy atom. The number of sulfonamides is 1. The van der Waals surface area contributed by atoms with Crippen LogP contribution in [0.25, 0.3) is 0 Å². The van der Waals surface area contributed by atoms with E-state index in [9.17, 15) is 17.6 Å². The Hall–Kier alpha value is -2.25. The second kappa shape index (κ2) is 6.33. The first-order valence-corrected chi connectivity index (χ1v) is 9.29. The number of halogens is 1. The standard InChI is InChI=1S/C17H17FN2O3S/c1-24(22,23)20-11-13-5-3-2-4-12(13)10-16(20)17(21)19-15-8-6-14(18)7-9-15/h2-9,16H,10-11H2,1H3,(H,19,21). The van der Waals surface area contributed by atoms with Crippen LogP contribution in [0.3, 0.4) is 0 Å². The summed E-state index contributed by atoms with van der Waals surface area (Å²) < 4.78 is 38.4. The molecule has 2 aromatic rings. The molecule has 0 saturated carbocycles. The van der Waals surface area contributed by atoms with Gasteiger partial charge in [0.25, 0.3) is 0 Å². The summed E-state index contributed by atoms with van der Waals surface area (Å²) in [7, 11) is -3.55. The number of benzene rings is 2. The van der Waals surface area contributed by atoms with Gasteiger partial charge in [0.05, 0.1) is 6.26 Å². The van der Waals surface area contributed by atoms with Gasteiger partial charge in [-0.25, -0.2) is 12.8 Å². The molecule has 0 fully saturated rings. The van der Waals surface area contributed by atoms with Crippen LogP contribution < -0.4 is 5.32 Å². The van der Waals surface area contributed by atoms with Crippen molar-refractivity contribution in [2.75, 3.05) is 11.6 Å². The Kier molecular flexibility index (Phi) is 4.38. The first kappa shape index (κ1) is 16.6. The fourth-order valence-electron chi connectivity index (χ4n) is 2.83. The predicted octanol–water partition coefficient (Wildman–Crippen LogP) is 2.15. The third-order valence-electron chi connectivity index (χ3n) is 4.05. The van der Waals surface area contributed by atoms with Crippen LogP contribution in [0.2, 0.25) is 0 Å². The summed E-state index contributed by atoms with van der Waals surface area (Å²) in [6.07, 6.45) is 1.40. The monoisotopic (exact) mass is 348 g/mol. The van der Waals surface area contributed by atoms with E-state index in [1.165, 1.54) is 28.6 Å². The van der Waals surface area contributed by atoms with E-state index in [0.717, 1.165) is 17.4 Å². The van der Waals surface area contributed by atoms with E-state index >= 15 is 0 Å². The molecular formula is C17H17FN2O3S. The number of rotatable bonds is 3. The van der Waals surface area contributed by atoms with Crippen molar-refractivity contribution < 1.29 is 17.6 Å². The maximum absolute atomic E-state index is 13.0. The van der Waals surface area contributed by atoms with E-state index in [4.69, 9.17) is 0 Å². The Balaban J connectivity index is 1.88. The highest BCUT2D eigenvalue weighted by Gasteiger charge is 2.36. The van der Waals surface area contributed by atoms with Crippen molar-refractivity contribution in [3.63, 3.8) is 0 Å². The molecule has 1 aliphatic heterocycles. The van der Waals surface area contributed by atoms with Gasteiger partial charge >= 0.3 is 0 Å².